The highest BCUT2D eigenvalue weighted by molar-refractivity contribution is 7.90. The quantitative estimate of drug-likeness (QED) is 0.183. The lowest BCUT2D eigenvalue weighted by Gasteiger charge is -2.18. The van der Waals surface area contributed by atoms with Crippen molar-refractivity contribution in [3.63, 3.8) is 0 Å². The van der Waals surface area contributed by atoms with Gasteiger partial charge in [0.05, 0.1) is 30.5 Å². The van der Waals surface area contributed by atoms with Crippen LogP contribution in [0.1, 0.15) is 23.1 Å². The maximum Gasteiger partial charge on any atom is 0.331 e. The van der Waals surface area contributed by atoms with Crippen LogP contribution < -0.4 is 25.5 Å². The van der Waals surface area contributed by atoms with E-state index >= 15 is 0 Å². The molecule has 0 fully saturated rings. The van der Waals surface area contributed by atoms with Crippen LogP contribution in [0.2, 0.25) is 0 Å². The van der Waals surface area contributed by atoms with Crippen LogP contribution in [0.3, 0.4) is 0 Å². The number of benzene rings is 4. The number of sulfone groups is 1. The van der Waals surface area contributed by atoms with Crippen LogP contribution in [-0.2, 0) is 29.5 Å². The molecular formula is C34H34N2O7S. The molecule has 0 spiro atoms. The van der Waals surface area contributed by atoms with Crippen molar-refractivity contribution >= 4 is 20.7 Å². The summed E-state index contributed by atoms with van der Waals surface area (Å²) in [6.45, 7) is 2.60. The SMILES string of the molecule is COc1ccc(Cn2c(=O)c3cccc(OCc4ccccc4)c3n(CCCOc3ccc(S(C)(=O)=O)c(C)c3)c2=O)cc1. The van der Waals surface area contributed by atoms with Gasteiger partial charge in [0.1, 0.15) is 29.4 Å². The summed E-state index contributed by atoms with van der Waals surface area (Å²) in [5.74, 6) is 1.65. The van der Waals surface area contributed by atoms with Crippen LogP contribution in [0.15, 0.2) is 105 Å². The summed E-state index contributed by atoms with van der Waals surface area (Å²) in [6, 6.07) is 26.9. The first-order valence-electron chi connectivity index (χ1n) is 14.2. The van der Waals surface area contributed by atoms with E-state index in [0.29, 0.717) is 40.1 Å². The molecule has 0 saturated carbocycles. The van der Waals surface area contributed by atoms with Crippen molar-refractivity contribution in [1.82, 2.24) is 9.13 Å². The Balaban J connectivity index is 1.47. The summed E-state index contributed by atoms with van der Waals surface area (Å²) >= 11 is 0. The standard InChI is InChI=1S/C34H34N2O7S/c1-24-21-28(17-18-31(24)44(3,39)40)42-20-8-19-35-32-29(11-7-12-30(32)43-23-26-9-5-4-6-10-26)33(37)36(34(35)38)22-25-13-15-27(41-2)16-14-25/h4-7,9-18,21H,8,19-20,22-23H2,1-3H3. The molecular weight excluding hydrogens is 580 g/mol. The average Bonchev–Trinajstić information content (AvgIpc) is 3.02. The number of methoxy groups -OCH3 is 1. The van der Waals surface area contributed by atoms with E-state index in [2.05, 4.69) is 0 Å². The van der Waals surface area contributed by atoms with E-state index in [9.17, 15) is 18.0 Å². The highest BCUT2D eigenvalue weighted by Crippen LogP contribution is 2.25. The number of hydrogen-bond donors (Lipinski definition) is 0. The zero-order chi connectivity index (χ0) is 31.3. The fourth-order valence-corrected chi connectivity index (χ4v) is 6.06. The Morgan fingerprint density at radius 1 is 0.773 bits per heavy atom. The molecule has 1 aromatic heterocycles. The van der Waals surface area contributed by atoms with Gasteiger partial charge in [-0.25, -0.2) is 13.2 Å². The molecule has 228 valence electrons. The maximum absolute atomic E-state index is 13.9. The summed E-state index contributed by atoms with van der Waals surface area (Å²) in [6.07, 6.45) is 1.61. The summed E-state index contributed by atoms with van der Waals surface area (Å²) in [7, 11) is -1.76. The van der Waals surface area contributed by atoms with Gasteiger partial charge in [0.15, 0.2) is 9.84 Å². The summed E-state index contributed by atoms with van der Waals surface area (Å²) in [5.41, 5.74) is 1.90. The number of nitrogens with zero attached hydrogens (tertiary/aromatic N) is 2. The number of aromatic nitrogens is 2. The number of hydrogen-bond acceptors (Lipinski definition) is 7. The van der Waals surface area contributed by atoms with Gasteiger partial charge < -0.3 is 14.2 Å². The van der Waals surface area contributed by atoms with E-state index in [0.717, 1.165) is 11.1 Å². The number of fused-ring (bicyclic) bond motifs is 1. The normalized spacial score (nSPS) is 11.4. The first-order chi connectivity index (χ1) is 21.2. The topological polar surface area (TPSA) is 106 Å². The fourth-order valence-electron chi connectivity index (χ4n) is 5.10. The lowest BCUT2D eigenvalue weighted by molar-refractivity contribution is 0.297. The van der Waals surface area contributed by atoms with Gasteiger partial charge in [-0.05, 0) is 72.5 Å². The minimum absolute atomic E-state index is 0.0924. The third-order valence-electron chi connectivity index (χ3n) is 7.28. The number of aryl methyl sites for hydroxylation is 2. The minimum Gasteiger partial charge on any atom is -0.497 e. The van der Waals surface area contributed by atoms with Crippen LogP contribution in [0.5, 0.6) is 17.2 Å². The Bertz CT molecular complexity index is 2000. The Morgan fingerprint density at radius 2 is 1.50 bits per heavy atom. The van der Waals surface area contributed by atoms with Crippen molar-refractivity contribution in [2.45, 2.75) is 37.9 Å². The van der Waals surface area contributed by atoms with Gasteiger partial charge >= 0.3 is 5.69 Å². The third-order valence-corrected chi connectivity index (χ3v) is 8.54. The molecule has 0 aliphatic carbocycles. The van der Waals surface area contributed by atoms with Gasteiger partial charge in [-0.2, -0.15) is 0 Å². The minimum atomic E-state index is -3.34. The molecule has 0 saturated heterocycles. The van der Waals surface area contributed by atoms with E-state index in [1.54, 1.807) is 61.1 Å². The van der Waals surface area contributed by atoms with Gasteiger partial charge in [-0.15, -0.1) is 0 Å². The molecule has 0 bridgehead atoms. The lowest BCUT2D eigenvalue weighted by atomic mass is 10.2. The Kier molecular flexibility index (Phi) is 9.20. The van der Waals surface area contributed by atoms with Crippen molar-refractivity contribution in [2.24, 2.45) is 0 Å². The van der Waals surface area contributed by atoms with Crippen molar-refractivity contribution < 1.29 is 22.6 Å². The highest BCUT2D eigenvalue weighted by atomic mass is 32.2. The van der Waals surface area contributed by atoms with Crippen molar-refractivity contribution in [1.29, 1.82) is 0 Å². The Hall–Kier alpha value is -4.83. The molecule has 0 aliphatic heterocycles. The van der Waals surface area contributed by atoms with Crippen LogP contribution in [0.25, 0.3) is 10.9 Å². The van der Waals surface area contributed by atoms with Gasteiger partial charge in [-0.1, -0.05) is 48.5 Å². The van der Waals surface area contributed by atoms with E-state index in [-0.39, 0.29) is 31.2 Å². The van der Waals surface area contributed by atoms with E-state index < -0.39 is 21.1 Å². The van der Waals surface area contributed by atoms with Crippen molar-refractivity contribution in [3.05, 3.63) is 129 Å². The average molecular weight is 615 g/mol. The van der Waals surface area contributed by atoms with Crippen LogP contribution in [-0.4, -0.2) is 37.5 Å². The summed E-state index contributed by atoms with van der Waals surface area (Å²) in [5, 5.41) is 0.372. The Labute approximate surface area is 255 Å². The zero-order valence-electron chi connectivity index (χ0n) is 24.9. The number of ether oxygens (including phenoxy) is 3. The third kappa shape index (κ3) is 6.86. The molecule has 5 aromatic rings. The van der Waals surface area contributed by atoms with Crippen molar-refractivity contribution in [2.75, 3.05) is 20.0 Å². The number of para-hydroxylation sites is 1. The molecule has 1 heterocycles. The molecule has 10 heteroatoms. The summed E-state index contributed by atoms with van der Waals surface area (Å²) in [4.78, 5) is 27.9. The summed E-state index contributed by atoms with van der Waals surface area (Å²) < 4.78 is 44.0. The Morgan fingerprint density at radius 3 is 2.18 bits per heavy atom. The second kappa shape index (κ2) is 13.2. The maximum atomic E-state index is 13.9. The fraction of sp³-hybridized carbons (Fsp3) is 0.235. The van der Waals surface area contributed by atoms with Crippen molar-refractivity contribution in [3.8, 4) is 17.2 Å². The predicted octanol–water partition coefficient (Wildman–Crippen LogP) is 4.98. The van der Waals surface area contributed by atoms with E-state index in [1.807, 2.05) is 42.5 Å². The molecule has 0 radical (unpaired) electrons. The van der Waals surface area contributed by atoms with Crippen LogP contribution >= 0.6 is 0 Å². The van der Waals surface area contributed by atoms with Gasteiger partial charge in [0.2, 0.25) is 0 Å². The van der Waals surface area contributed by atoms with Gasteiger partial charge in [0.25, 0.3) is 5.56 Å². The first-order valence-corrected chi connectivity index (χ1v) is 16.0. The molecule has 0 N–H and O–H groups in total. The molecule has 4 aromatic carbocycles. The molecule has 0 atom stereocenters. The molecule has 0 amide bonds. The molecule has 44 heavy (non-hydrogen) atoms. The second-order valence-corrected chi connectivity index (χ2v) is 12.5. The largest absolute Gasteiger partial charge is 0.497 e. The first kappa shape index (κ1) is 30.6. The highest BCUT2D eigenvalue weighted by Gasteiger charge is 2.18. The number of rotatable bonds is 12. The molecule has 5 rings (SSSR count). The van der Waals surface area contributed by atoms with E-state index in [4.69, 9.17) is 14.2 Å². The van der Waals surface area contributed by atoms with Gasteiger partial charge in [-0.3, -0.25) is 13.9 Å². The smallest absolute Gasteiger partial charge is 0.331 e. The molecule has 0 unspecified atom stereocenters. The molecule has 0 aliphatic rings. The molecule has 9 nitrogen and oxygen atoms in total. The van der Waals surface area contributed by atoms with Crippen LogP contribution in [0, 0.1) is 6.92 Å². The van der Waals surface area contributed by atoms with Gasteiger partial charge in [0, 0.05) is 12.8 Å². The zero-order valence-corrected chi connectivity index (χ0v) is 25.7. The lowest BCUT2D eigenvalue weighted by Crippen LogP contribution is -2.40. The second-order valence-electron chi connectivity index (χ2n) is 10.5. The van der Waals surface area contributed by atoms with Crippen LogP contribution in [0.4, 0.5) is 0 Å². The predicted molar refractivity (Wildman–Crippen MR) is 170 cm³/mol. The monoisotopic (exact) mass is 614 g/mol. The van der Waals surface area contributed by atoms with E-state index in [1.165, 1.54) is 16.9 Å².